The summed E-state index contributed by atoms with van der Waals surface area (Å²) in [5.74, 6) is 1.24. The first kappa shape index (κ1) is 19.2. The molecule has 1 aromatic heterocycles. The van der Waals surface area contributed by atoms with Crippen LogP contribution < -0.4 is 15.8 Å². The number of hydrogen-bond acceptors (Lipinski definition) is 3. The average Bonchev–Trinajstić information content (AvgIpc) is 2.84. The molecule has 0 amide bonds. The molecule has 2 aromatic rings. The minimum Gasteiger partial charge on any atom is -0.491 e. The Labute approximate surface area is 160 Å². The van der Waals surface area contributed by atoms with Crippen LogP contribution in [0.2, 0.25) is 0 Å². The number of hydrogen-bond donors (Lipinski definition) is 2. The van der Waals surface area contributed by atoms with Gasteiger partial charge in [0.15, 0.2) is 5.96 Å². The largest absolute Gasteiger partial charge is 0.491 e. The zero-order chi connectivity index (χ0) is 15.2. The van der Waals surface area contributed by atoms with E-state index in [-0.39, 0.29) is 30.1 Å². The monoisotopic (exact) mass is 495 g/mol. The number of nitrogens with one attached hydrogen (secondary N) is 1. The highest BCUT2D eigenvalue weighted by atomic mass is 127. The zero-order valence-corrected chi connectivity index (χ0v) is 17.1. The summed E-state index contributed by atoms with van der Waals surface area (Å²) in [6.45, 7) is 4.56. The number of aliphatic imine (C=N–C) groups is 1. The van der Waals surface area contributed by atoms with Crippen molar-refractivity contribution >= 4 is 62.9 Å². The van der Waals surface area contributed by atoms with Crippen LogP contribution in [0, 0.1) is 0 Å². The van der Waals surface area contributed by atoms with Gasteiger partial charge in [-0.1, -0.05) is 0 Å². The predicted octanol–water partition coefficient (Wildman–Crippen LogP) is 4.84. The van der Waals surface area contributed by atoms with E-state index in [2.05, 4.69) is 31.6 Å². The van der Waals surface area contributed by atoms with Gasteiger partial charge in [0.05, 0.1) is 16.4 Å². The maximum Gasteiger partial charge on any atom is 0.193 e. The standard InChI is InChI=1S/C15H18BrN3OS.HI/c1-10(2)20-13-5-3-12(4-6-13)19-15(17)18-8-11-7-14(16)21-9-11;/h3-7,9-10H,8H2,1-2H3,(H3,17,18,19);1H. The third-order valence-corrected chi connectivity index (χ3v) is 4.11. The highest BCUT2D eigenvalue weighted by Crippen LogP contribution is 2.21. The van der Waals surface area contributed by atoms with Crippen molar-refractivity contribution in [1.29, 1.82) is 0 Å². The van der Waals surface area contributed by atoms with Gasteiger partial charge in [-0.25, -0.2) is 4.99 Å². The summed E-state index contributed by atoms with van der Waals surface area (Å²) in [5, 5.41) is 5.12. The third kappa shape index (κ3) is 6.53. The van der Waals surface area contributed by atoms with Crippen molar-refractivity contribution in [2.24, 2.45) is 10.7 Å². The first-order valence-corrected chi connectivity index (χ1v) is 8.27. The summed E-state index contributed by atoms with van der Waals surface area (Å²) in [5.41, 5.74) is 7.90. The number of benzene rings is 1. The first-order chi connectivity index (χ1) is 10.0. The molecule has 22 heavy (non-hydrogen) atoms. The molecule has 0 bridgehead atoms. The number of nitrogens with two attached hydrogens (primary N) is 1. The van der Waals surface area contributed by atoms with Gasteiger partial charge in [-0.15, -0.1) is 35.3 Å². The van der Waals surface area contributed by atoms with Gasteiger partial charge in [-0.05, 0) is 71.1 Å². The van der Waals surface area contributed by atoms with Gasteiger partial charge in [0.2, 0.25) is 0 Å². The molecule has 0 atom stereocenters. The molecule has 4 nitrogen and oxygen atoms in total. The van der Waals surface area contributed by atoms with Crippen LogP contribution in [0.5, 0.6) is 5.75 Å². The Hall–Kier alpha value is -0.800. The van der Waals surface area contributed by atoms with E-state index in [1.807, 2.05) is 44.2 Å². The minimum atomic E-state index is 0. The fraction of sp³-hybridized carbons (Fsp3) is 0.267. The topological polar surface area (TPSA) is 59.6 Å². The van der Waals surface area contributed by atoms with Gasteiger partial charge >= 0.3 is 0 Å². The van der Waals surface area contributed by atoms with Crippen molar-refractivity contribution in [1.82, 2.24) is 0 Å². The van der Waals surface area contributed by atoms with E-state index >= 15 is 0 Å². The number of anilines is 1. The molecule has 0 aliphatic rings. The average molecular weight is 496 g/mol. The van der Waals surface area contributed by atoms with Crippen LogP contribution in [0.1, 0.15) is 19.4 Å². The zero-order valence-electron chi connectivity index (χ0n) is 12.4. The van der Waals surface area contributed by atoms with Crippen LogP contribution >= 0.6 is 51.2 Å². The molecule has 2 rings (SSSR count). The van der Waals surface area contributed by atoms with E-state index in [4.69, 9.17) is 10.5 Å². The number of rotatable bonds is 5. The van der Waals surface area contributed by atoms with Crippen molar-refractivity contribution < 1.29 is 4.74 Å². The van der Waals surface area contributed by atoms with Gasteiger partial charge in [-0.3, -0.25) is 0 Å². The molecule has 1 aromatic carbocycles. The summed E-state index contributed by atoms with van der Waals surface area (Å²) >= 11 is 5.07. The number of halogens is 2. The Morgan fingerprint density at radius 2 is 2.05 bits per heavy atom. The van der Waals surface area contributed by atoms with Crippen molar-refractivity contribution in [3.8, 4) is 5.75 Å². The lowest BCUT2D eigenvalue weighted by molar-refractivity contribution is 0.242. The molecular weight excluding hydrogens is 477 g/mol. The summed E-state index contributed by atoms with van der Waals surface area (Å²) in [4.78, 5) is 4.31. The molecule has 0 aliphatic heterocycles. The van der Waals surface area contributed by atoms with Gasteiger partial charge < -0.3 is 15.8 Å². The molecule has 0 fully saturated rings. The molecule has 0 radical (unpaired) electrons. The lowest BCUT2D eigenvalue weighted by Gasteiger charge is -2.10. The van der Waals surface area contributed by atoms with Crippen LogP contribution in [0.4, 0.5) is 5.69 Å². The summed E-state index contributed by atoms with van der Waals surface area (Å²) < 4.78 is 6.69. The molecule has 0 unspecified atom stereocenters. The summed E-state index contributed by atoms with van der Waals surface area (Å²) in [6.07, 6.45) is 0.167. The van der Waals surface area contributed by atoms with E-state index in [1.54, 1.807) is 11.3 Å². The number of ether oxygens (including phenoxy) is 1. The molecule has 0 aliphatic carbocycles. The molecule has 7 heteroatoms. The van der Waals surface area contributed by atoms with Crippen LogP contribution in [-0.2, 0) is 6.54 Å². The highest BCUT2D eigenvalue weighted by Gasteiger charge is 2.00. The quantitative estimate of drug-likeness (QED) is 0.354. The van der Waals surface area contributed by atoms with Gasteiger partial charge in [-0.2, -0.15) is 0 Å². The lowest BCUT2D eigenvalue weighted by Crippen LogP contribution is -2.22. The summed E-state index contributed by atoms with van der Waals surface area (Å²) in [7, 11) is 0. The van der Waals surface area contributed by atoms with Crippen molar-refractivity contribution in [3.63, 3.8) is 0 Å². The van der Waals surface area contributed by atoms with Crippen molar-refractivity contribution in [2.75, 3.05) is 5.32 Å². The highest BCUT2D eigenvalue weighted by molar-refractivity contribution is 14.0. The van der Waals surface area contributed by atoms with Gasteiger partial charge in [0, 0.05) is 5.69 Å². The van der Waals surface area contributed by atoms with Crippen LogP contribution in [0.15, 0.2) is 44.5 Å². The minimum absolute atomic E-state index is 0. The van der Waals surface area contributed by atoms with E-state index in [9.17, 15) is 0 Å². The second-order valence-corrected chi connectivity index (χ2v) is 7.07. The number of nitrogens with zero attached hydrogens (tertiary/aromatic N) is 1. The molecule has 1 heterocycles. The SMILES string of the molecule is CC(C)Oc1ccc(NC(N)=NCc2csc(Br)c2)cc1.I. The molecule has 3 N–H and O–H groups in total. The van der Waals surface area contributed by atoms with E-state index in [0.29, 0.717) is 12.5 Å². The van der Waals surface area contributed by atoms with Crippen LogP contribution in [0.25, 0.3) is 0 Å². The van der Waals surface area contributed by atoms with Gasteiger partial charge in [0.1, 0.15) is 5.75 Å². The normalized spacial score (nSPS) is 11.2. The molecule has 120 valence electrons. The van der Waals surface area contributed by atoms with E-state index in [1.165, 1.54) is 0 Å². The Kier molecular flexibility index (Phi) is 8.19. The van der Waals surface area contributed by atoms with Crippen LogP contribution in [0.3, 0.4) is 0 Å². The van der Waals surface area contributed by atoms with E-state index < -0.39 is 0 Å². The lowest BCUT2D eigenvalue weighted by atomic mass is 10.3. The second kappa shape index (κ2) is 9.36. The van der Waals surface area contributed by atoms with E-state index in [0.717, 1.165) is 20.8 Å². The number of thiophene rings is 1. The fourth-order valence-electron chi connectivity index (χ4n) is 1.68. The predicted molar refractivity (Wildman–Crippen MR) is 109 cm³/mol. The smallest absolute Gasteiger partial charge is 0.193 e. The maximum absolute atomic E-state index is 5.88. The molecular formula is C15H19BrIN3OS. The Balaban J connectivity index is 0.00000242. The Morgan fingerprint density at radius 3 is 2.59 bits per heavy atom. The second-order valence-electron chi connectivity index (χ2n) is 4.78. The molecule has 0 saturated heterocycles. The third-order valence-electron chi connectivity index (χ3n) is 2.55. The Bertz CT molecular complexity index is 614. The molecule has 0 saturated carbocycles. The first-order valence-electron chi connectivity index (χ1n) is 6.59. The van der Waals surface area contributed by atoms with Crippen LogP contribution in [-0.4, -0.2) is 12.1 Å². The molecule has 0 spiro atoms. The maximum atomic E-state index is 5.88. The van der Waals surface area contributed by atoms with Gasteiger partial charge in [0.25, 0.3) is 0 Å². The van der Waals surface area contributed by atoms with Crippen molar-refractivity contribution in [3.05, 3.63) is 45.1 Å². The Morgan fingerprint density at radius 1 is 1.36 bits per heavy atom. The van der Waals surface area contributed by atoms with Crippen molar-refractivity contribution in [2.45, 2.75) is 26.5 Å². The fourth-order valence-corrected chi connectivity index (χ4v) is 2.88. The number of guanidine groups is 1. The summed E-state index contributed by atoms with van der Waals surface area (Å²) in [6, 6.07) is 9.69.